The lowest BCUT2D eigenvalue weighted by molar-refractivity contribution is -0.272. The lowest BCUT2D eigenvalue weighted by Crippen LogP contribution is -2.64. The molecule has 1 aliphatic heterocycles. The van der Waals surface area contributed by atoms with Crippen molar-refractivity contribution in [1.82, 2.24) is 16.0 Å². The van der Waals surface area contributed by atoms with Crippen molar-refractivity contribution in [2.45, 2.75) is 70.2 Å². The van der Waals surface area contributed by atoms with Crippen molar-refractivity contribution >= 4 is 23.5 Å². The topological polar surface area (TPSA) is 193 Å². The van der Waals surface area contributed by atoms with Crippen molar-refractivity contribution in [1.29, 1.82) is 0 Å². The first kappa shape index (κ1) is 28.9. The predicted octanol–water partition coefficient (Wildman–Crippen LogP) is -2.70. The van der Waals surface area contributed by atoms with Crippen LogP contribution in [0.25, 0.3) is 0 Å². The second-order valence-corrected chi connectivity index (χ2v) is 7.61. The van der Waals surface area contributed by atoms with Gasteiger partial charge in [-0.3, -0.25) is 14.4 Å². The van der Waals surface area contributed by atoms with Crippen LogP contribution in [-0.4, -0.2) is 103 Å². The zero-order valence-electron chi connectivity index (χ0n) is 19.0. The largest absolute Gasteiger partial charge is 0.394 e. The third-order valence-electron chi connectivity index (χ3n) is 4.74. The summed E-state index contributed by atoms with van der Waals surface area (Å²) in [5.74, 6) is -0.987. The summed E-state index contributed by atoms with van der Waals surface area (Å²) in [6.45, 7) is 2.24. The van der Waals surface area contributed by atoms with Gasteiger partial charge in [-0.25, -0.2) is 0 Å². The van der Waals surface area contributed by atoms with Gasteiger partial charge in [0.1, 0.15) is 36.9 Å². The highest BCUT2D eigenvalue weighted by Gasteiger charge is 2.45. The molecule has 0 radical (unpaired) electrons. The molecule has 0 bridgehead atoms. The Balaban J connectivity index is 2.21. The van der Waals surface area contributed by atoms with Crippen molar-refractivity contribution in [3.8, 4) is 0 Å². The summed E-state index contributed by atoms with van der Waals surface area (Å²) in [5.41, 5.74) is 0. The molecule has 0 aromatic rings. The highest BCUT2D eigenvalue weighted by atomic mass is 16.7. The van der Waals surface area contributed by atoms with E-state index in [1.807, 2.05) is 0 Å². The van der Waals surface area contributed by atoms with E-state index < -0.39 is 43.2 Å². The molecule has 0 aliphatic carbocycles. The number of Topliss-reactive ketones (excluding diaryl/α,β-unsaturated/α-hetero) is 1. The number of aliphatic hydroxyl groups excluding tert-OH is 3. The maximum Gasteiger partial charge on any atom is 0.223 e. The first-order valence-corrected chi connectivity index (χ1v) is 10.8. The Morgan fingerprint density at radius 2 is 1.64 bits per heavy atom. The number of amides is 3. The first-order valence-electron chi connectivity index (χ1n) is 10.8. The van der Waals surface area contributed by atoms with Crippen LogP contribution in [0, 0.1) is 0 Å². The molecule has 3 amide bonds. The van der Waals surface area contributed by atoms with Crippen LogP contribution in [0.15, 0.2) is 0 Å². The maximum absolute atomic E-state index is 11.7. The van der Waals surface area contributed by atoms with E-state index in [4.69, 9.17) is 14.2 Å². The van der Waals surface area contributed by atoms with Gasteiger partial charge >= 0.3 is 0 Å². The third kappa shape index (κ3) is 11.5. The smallest absolute Gasteiger partial charge is 0.223 e. The van der Waals surface area contributed by atoms with Crippen molar-refractivity contribution in [3.63, 3.8) is 0 Å². The molecule has 5 unspecified atom stereocenters. The molecule has 190 valence electrons. The normalized spacial score (nSPS) is 24.7. The molecule has 0 saturated carbocycles. The van der Waals surface area contributed by atoms with Crippen LogP contribution in [0.1, 0.15) is 39.5 Å². The van der Waals surface area contributed by atoms with Gasteiger partial charge in [-0.1, -0.05) is 0 Å². The third-order valence-corrected chi connectivity index (χ3v) is 4.74. The summed E-state index contributed by atoms with van der Waals surface area (Å²) in [6, 6.07) is -1.04. The fourth-order valence-electron chi connectivity index (χ4n) is 3.03. The fraction of sp³-hybridized carbons (Fsp3) is 0.800. The molecule has 13 nitrogen and oxygen atoms in total. The minimum atomic E-state index is -1.40. The van der Waals surface area contributed by atoms with Crippen LogP contribution in [-0.2, 0) is 33.4 Å². The van der Waals surface area contributed by atoms with Gasteiger partial charge in [-0.15, -0.1) is 0 Å². The summed E-state index contributed by atoms with van der Waals surface area (Å²) in [6.07, 6.45) is -3.89. The Labute approximate surface area is 192 Å². The number of carbonyl (C=O) groups is 4. The summed E-state index contributed by atoms with van der Waals surface area (Å²) in [4.78, 5) is 45.5. The van der Waals surface area contributed by atoms with Crippen LogP contribution in [0.2, 0.25) is 0 Å². The summed E-state index contributed by atoms with van der Waals surface area (Å²) >= 11 is 0. The van der Waals surface area contributed by atoms with Gasteiger partial charge in [-0.2, -0.15) is 0 Å². The zero-order valence-corrected chi connectivity index (χ0v) is 19.0. The van der Waals surface area contributed by atoms with Crippen LogP contribution >= 0.6 is 0 Å². The number of ketones is 1. The number of hydrogen-bond donors (Lipinski definition) is 6. The fourth-order valence-corrected chi connectivity index (χ4v) is 3.03. The monoisotopic (exact) mass is 477 g/mol. The first-order chi connectivity index (χ1) is 15.6. The molecule has 13 heteroatoms. The van der Waals surface area contributed by atoms with E-state index in [-0.39, 0.29) is 56.9 Å². The molecule has 1 aliphatic rings. The Morgan fingerprint density at radius 3 is 2.27 bits per heavy atom. The van der Waals surface area contributed by atoms with Gasteiger partial charge in [0.25, 0.3) is 0 Å². The minimum absolute atomic E-state index is 0.0199. The Bertz CT molecular complexity index is 648. The van der Waals surface area contributed by atoms with E-state index in [1.54, 1.807) is 0 Å². The Hall–Kier alpha value is -2.16. The number of aliphatic hydroxyl groups is 3. The average Bonchev–Trinajstić information content (AvgIpc) is 2.74. The molecule has 0 aromatic carbocycles. The standard InChI is InChI=1S/C20H35N3O10/c1-12(25)4-3-5-15(27)21-7-6-16(28)22-11-31-8-9-32-20-17(23-13(2)26)19(30)18(29)14(10-24)33-20/h14,17-20,24,29-30H,3-11H2,1-2H3,(H,21,27)(H,22,28)(H,23,26). The van der Waals surface area contributed by atoms with Crippen molar-refractivity contribution in [2.75, 3.05) is 33.1 Å². The number of rotatable bonds is 15. The summed E-state index contributed by atoms with van der Waals surface area (Å²) < 4.78 is 16.1. The lowest BCUT2D eigenvalue weighted by Gasteiger charge is -2.42. The van der Waals surface area contributed by atoms with Gasteiger partial charge in [-0.05, 0) is 13.3 Å². The zero-order chi connectivity index (χ0) is 24.8. The number of carbonyl (C=O) groups excluding carboxylic acids is 4. The van der Waals surface area contributed by atoms with Crippen LogP contribution in [0.3, 0.4) is 0 Å². The van der Waals surface area contributed by atoms with Gasteiger partial charge < -0.3 is 50.3 Å². The number of hydrogen-bond acceptors (Lipinski definition) is 10. The van der Waals surface area contributed by atoms with E-state index in [2.05, 4.69) is 16.0 Å². The molecule has 1 fully saturated rings. The molecule has 1 heterocycles. The molecule has 6 N–H and O–H groups in total. The molecule has 5 atom stereocenters. The van der Waals surface area contributed by atoms with Crippen molar-refractivity contribution < 1.29 is 48.7 Å². The highest BCUT2D eigenvalue weighted by Crippen LogP contribution is 2.22. The molecule has 33 heavy (non-hydrogen) atoms. The summed E-state index contributed by atoms with van der Waals surface area (Å²) in [7, 11) is 0. The lowest BCUT2D eigenvalue weighted by atomic mass is 9.97. The molecule has 0 aromatic heterocycles. The van der Waals surface area contributed by atoms with E-state index >= 15 is 0 Å². The molecular weight excluding hydrogens is 442 g/mol. The summed E-state index contributed by atoms with van der Waals surface area (Å²) in [5, 5.41) is 36.9. The van der Waals surface area contributed by atoms with E-state index in [9.17, 15) is 34.5 Å². The van der Waals surface area contributed by atoms with Gasteiger partial charge in [0, 0.05) is 32.7 Å². The van der Waals surface area contributed by atoms with Gasteiger partial charge in [0.2, 0.25) is 17.7 Å². The maximum atomic E-state index is 11.7. The second-order valence-electron chi connectivity index (χ2n) is 7.61. The van der Waals surface area contributed by atoms with E-state index in [0.717, 1.165) is 0 Å². The Morgan fingerprint density at radius 1 is 0.939 bits per heavy atom. The molecule has 1 rings (SSSR count). The molecule has 0 spiro atoms. The van der Waals surface area contributed by atoms with Crippen LogP contribution in [0.4, 0.5) is 0 Å². The van der Waals surface area contributed by atoms with Crippen LogP contribution in [0.5, 0.6) is 0 Å². The molecular formula is C20H35N3O10. The van der Waals surface area contributed by atoms with Gasteiger partial charge in [0.15, 0.2) is 6.29 Å². The van der Waals surface area contributed by atoms with Crippen LogP contribution < -0.4 is 16.0 Å². The number of ether oxygens (including phenoxy) is 3. The Kier molecular flexibility index (Phi) is 13.7. The van der Waals surface area contributed by atoms with E-state index in [1.165, 1.54) is 13.8 Å². The second kappa shape index (κ2) is 15.6. The minimum Gasteiger partial charge on any atom is -0.394 e. The quantitative estimate of drug-likeness (QED) is 0.107. The SMILES string of the molecule is CC(=O)CCCC(=O)NCCC(=O)NCOCCOC1OC(CO)C(O)C(O)C1NC(C)=O. The average molecular weight is 478 g/mol. The highest BCUT2D eigenvalue weighted by molar-refractivity contribution is 5.80. The van der Waals surface area contributed by atoms with Crippen molar-refractivity contribution in [2.24, 2.45) is 0 Å². The van der Waals surface area contributed by atoms with Gasteiger partial charge in [0.05, 0.1) is 19.8 Å². The predicted molar refractivity (Wildman–Crippen MR) is 112 cm³/mol. The van der Waals surface area contributed by atoms with E-state index in [0.29, 0.717) is 12.8 Å². The number of nitrogens with one attached hydrogen (secondary N) is 3. The van der Waals surface area contributed by atoms with Crippen molar-refractivity contribution in [3.05, 3.63) is 0 Å². The molecule has 1 saturated heterocycles.